The number of hydrogen-bond acceptors (Lipinski definition) is 3. The van der Waals surface area contributed by atoms with Gasteiger partial charge in [0.1, 0.15) is 5.82 Å². The van der Waals surface area contributed by atoms with Gasteiger partial charge in [0.2, 0.25) is 0 Å². The van der Waals surface area contributed by atoms with Crippen LogP contribution in [-0.4, -0.2) is 20.5 Å². The Labute approximate surface area is 122 Å². The Morgan fingerprint density at radius 3 is 2.48 bits per heavy atom. The van der Waals surface area contributed by atoms with Crippen LogP contribution in [0, 0.1) is 20.8 Å². The van der Waals surface area contributed by atoms with Crippen LogP contribution in [0.3, 0.4) is 0 Å². The Morgan fingerprint density at radius 1 is 1.05 bits per heavy atom. The van der Waals surface area contributed by atoms with Crippen molar-refractivity contribution in [3.8, 4) is 0 Å². The Morgan fingerprint density at radius 2 is 1.76 bits per heavy atom. The van der Waals surface area contributed by atoms with E-state index < -0.39 is 0 Å². The number of rotatable bonds is 2. The summed E-state index contributed by atoms with van der Waals surface area (Å²) < 4.78 is 1.84. The molecule has 0 spiro atoms. The zero-order chi connectivity index (χ0) is 15.0. The fraction of sp³-hybridized carbons (Fsp3) is 0.188. The van der Waals surface area contributed by atoms with Gasteiger partial charge >= 0.3 is 0 Å². The van der Waals surface area contributed by atoms with Crippen LogP contribution in [0.5, 0.6) is 0 Å². The van der Waals surface area contributed by atoms with Gasteiger partial charge in [0.25, 0.3) is 5.91 Å². The summed E-state index contributed by atoms with van der Waals surface area (Å²) in [4.78, 5) is 12.3. The van der Waals surface area contributed by atoms with Crippen LogP contribution in [0.2, 0.25) is 0 Å². The van der Waals surface area contributed by atoms with Crippen molar-refractivity contribution in [3.05, 3.63) is 59.0 Å². The Bertz CT molecular complexity index is 815. The molecule has 0 radical (unpaired) electrons. The van der Waals surface area contributed by atoms with E-state index in [1.165, 1.54) is 0 Å². The van der Waals surface area contributed by atoms with Crippen molar-refractivity contribution in [2.45, 2.75) is 20.8 Å². The average Bonchev–Trinajstić information content (AvgIpc) is 2.78. The molecular formula is C16H16N4O. The molecule has 0 aliphatic rings. The number of nitrogens with zero attached hydrogens (tertiary/aromatic N) is 3. The molecule has 3 rings (SSSR count). The quantitative estimate of drug-likeness (QED) is 0.785. The summed E-state index contributed by atoms with van der Waals surface area (Å²) in [6, 6.07) is 9.47. The van der Waals surface area contributed by atoms with Crippen molar-refractivity contribution >= 4 is 17.2 Å². The maximum absolute atomic E-state index is 12.3. The van der Waals surface area contributed by atoms with Gasteiger partial charge < -0.3 is 5.32 Å². The van der Waals surface area contributed by atoms with E-state index in [2.05, 4.69) is 21.6 Å². The van der Waals surface area contributed by atoms with E-state index in [4.69, 9.17) is 0 Å². The monoisotopic (exact) mass is 280 g/mol. The molecular weight excluding hydrogens is 264 g/mol. The second kappa shape index (κ2) is 5.01. The number of amides is 1. The zero-order valence-corrected chi connectivity index (χ0v) is 12.2. The molecule has 0 bridgehead atoms. The van der Waals surface area contributed by atoms with Crippen molar-refractivity contribution in [2.24, 2.45) is 0 Å². The number of aryl methyl sites for hydroxylation is 3. The molecule has 0 unspecified atom stereocenters. The van der Waals surface area contributed by atoms with Gasteiger partial charge in [-0.3, -0.25) is 9.20 Å². The maximum Gasteiger partial charge on any atom is 0.255 e. The summed E-state index contributed by atoms with van der Waals surface area (Å²) in [7, 11) is 0. The molecule has 5 nitrogen and oxygen atoms in total. The Balaban J connectivity index is 1.89. The standard InChI is InChI=1S/C16H16N4O/c1-10-6-11(2)8-14(7-10)17-16(21)13-4-5-20-12(3)18-19-15(20)9-13/h4-9H,1-3H3,(H,17,21). The molecule has 1 N–H and O–H groups in total. The number of nitrogens with one attached hydrogen (secondary N) is 1. The van der Waals surface area contributed by atoms with E-state index in [-0.39, 0.29) is 5.91 Å². The molecule has 0 saturated heterocycles. The predicted octanol–water partition coefficient (Wildman–Crippen LogP) is 2.91. The highest BCUT2D eigenvalue weighted by atomic mass is 16.1. The summed E-state index contributed by atoms with van der Waals surface area (Å²) in [5.74, 6) is 0.648. The van der Waals surface area contributed by atoms with Gasteiger partial charge in [-0.2, -0.15) is 0 Å². The van der Waals surface area contributed by atoms with Gasteiger partial charge in [-0.25, -0.2) is 0 Å². The molecule has 21 heavy (non-hydrogen) atoms. The number of carbonyl (C=O) groups excluding carboxylic acids is 1. The molecule has 5 heteroatoms. The normalized spacial score (nSPS) is 10.8. The van der Waals surface area contributed by atoms with Gasteiger partial charge in [-0.05, 0) is 56.2 Å². The van der Waals surface area contributed by atoms with Crippen LogP contribution >= 0.6 is 0 Å². The fourth-order valence-corrected chi connectivity index (χ4v) is 2.40. The number of benzene rings is 1. The molecule has 2 heterocycles. The van der Waals surface area contributed by atoms with E-state index in [0.29, 0.717) is 11.2 Å². The molecule has 106 valence electrons. The number of hydrogen-bond donors (Lipinski definition) is 1. The van der Waals surface area contributed by atoms with E-state index in [0.717, 1.165) is 22.6 Å². The molecule has 3 aromatic rings. The zero-order valence-electron chi connectivity index (χ0n) is 12.2. The minimum absolute atomic E-state index is 0.150. The third kappa shape index (κ3) is 2.63. The number of anilines is 1. The highest BCUT2D eigenvalue weighted by Gasteiger charge is 2.09. The second-order valence-electron chi connectivity index (χ2n) is 5.22. The van der Waals surface area contributed by atoms with Crippen molar-refractivity contribution in [3.63, 3.8) is 0 Å². The number of aromatic nitrogens is 3. The van der Waals surface area contributed by atoms with Crippen molar-refractivity contribution < 1.29 is 4.79 Å². The van der Waals surface area contributed by atoms with Gasteiger partial charge in [0, 0.05) is 17.4 Å². The summed E-state index contributed by atoms with van der Waals surface area (Å²) >= 11 is 0. The smallest absolute Gasteiger partial charge is 0.255 e. The first-order valence-electron chi connectivity index (χ1n) is 6.74. The lowest BCUT2D eigenvalue weighted by molar-refractivity contribution is 0.102. The minimum atomic E-state index is -0.150. The molecule has 0 atom stereocenters. The summed E-state index contributed by atoms with van der Waals surface area (Å²) in [6.07, 6.45) is 1.81. The van der Waals surface area contributed by atoms with E-state index in [1.807, 2.05) is 37.3 Å². The third-order valence-corrected chi connectivity index (χ3v) is 3.32. The van der Waals surface area contributed by atoms with Crippen LogP contribution in [0.1, 0.15) is 27.3 Å². The highest BCUT2D eigenvalue weighted by Crippen LogP contribution is 2.15. The van der Waals surface area contributed by atoms with Crippen LogP contribution in [-0.2, 0) is 0 Å². The van der Waals surface area contributed by atoms with Crippen LogP contribution in [0.4, 0.5) is 5.69 Å². The Hall–Kier alpha value is -2.69. The first-order valence-corrected chi connectivity index (χ1v) is 6.74. The minimum Gasteiger partial charge on any atom is -0.322 e. The lowest BCUT2D eigenvalue weighted by atomic mass is 10.1. The third-order valence-electron chi connectivity index (χ3n) is 3.32. The summed E-state index contributed by atoms with van der Waals surface area (Å²) in [6.45, 7) is 5.89. The molecule has 0 fully saturated rings. The molecule has 0 saturated carbocycles. The lowest BCUT2D eigenvalue weighted by Crippen LogP contribution is -2.12. The SMILES string of the molecule is Cc1cc(C)cc(NC(=O)c2ccn3c(C)nnc3c2)c1. The molecule has 2 aromatic heterocycles. The second-order valence-corrected chi connectivity index (χ2v) is 5.22. The van der Waals surface area contributed by atoms with Gasteiger partial charge in [-0.1, -0.05) is 6.07 Å². The van der Waals surface area contributed by atoms with Crippen molar-refractivity contribution in [2.75, 3.05) is 5.32 Å². The van der Waals surface area contributed by atoms with Crippen molar-refractivity contribution in [1.29, 1.82) is 0 Å². The molecule has 1 amide bonds. The van der Waals surface area contributed by atoms with E-state index in [1.54, 1.807) is 18.3 Å². The van der Waals surface area contributed by atoms with Crippen LogP contribution in [0.25, 0.3) is 5.65 Å². The van der Waals surface area contributed by atoms with Crippen LogP contribution < -0.4 is 5.32 Å². The van der Waals surface area contributed by atoms with Gasteiger partial charge in [0.15, 0.2) is 5.65 Å². The molecule has 1 aromatic carbocycles. The Kier molecular flexibility index (Phi) is 3.17. The first kappa shape index (κ1) is 13.3. The van der Waals surface area contributed by atoms with Gasteiger partial charge in [0.05, 0.1) is 0 Å². The molecule has 0 aliphatic heterocycles. The van der Waals surface area contributed by atoms with Crippen molar-refractivity contribution in [1.82, 2.24) is 14.6 Å². The highest BCUT2D eigenvalue weighted by molar-refractivity contribution is 6.04. The maximum atomic E-state index is 12.3. The average molecular weight is 280 g/mol. The summed E-state index contributed by atoms with van der Waals surface area (Å²) in [5.41, 5.74) is 4.27. The van der Waals surface area contributed by atoms with Gasteiger partial charge in [-0.15, -0.1) is 10.2 Å². The number of fused-ring (bicyclic) bond motifs is 1. The number of pyridine rings is 1. The predicted molar refractivity (Wildman–Crippen MR) is 81.6 cm³/mol. The van der Waals surface area contributed by atoms with E-state index in [9.17, 15) is 4.79 Å². The summed E-state index contributed by atoms with van der Waals surface area (Å²) in [5, 5.41) is 10.9. The number of carbonyl (C=O) groups is 1. The first-order chi connectivity index (χ1) is 10.0. The van der Waals surface area contributed by atoms with Crippen LogP contribution in [0.15, 0.2) is 36.5 Å². The largest absolute Gasteiger partial charge is 0.322 e. The topological polar surface area (TPSA) is 59.3 Å². The lowest BCUT2D eigenvalue weighted by Gasteiger charge is -2.08. The van der Waals surface area contributed by atoms with E-state index >= 15 is 0 Å². The fourth-order valence-electron chi connectivity index (χ4n) is 2.40. The molecule has 0 aliphatic carbocycles.